The molecule has 6 heteroatoms. The number of hydrogen-bond acceptors (Lipinski definition) is 3. The fraction of sp³-hybridized carbons (Fsp3) is 0.286. The molecular formula is C14H14BrF2NOS. The van der Waals surface area contributed by atoms with Crippen LogP contribution in [0.2, 0.25) is 0 Å². The minimum atomic E-state index is -2.37. The van der Waals surface area contributed by atoms with E-state index in [1.807, 2.05) is 25.1 Å². The van der Waals surface area contributed by atoms with Crippen molar-refractivity contribution in [2.24, 2.45) is 0 Å². The third-order valence-electron chi connectivity index (χ3n) is 2.58. The minimum absolute atomic E-state index is 0.188. The largest absolute Gasteiger partial charge is 0.463 e. The lowest BCUT2D eigenvalue weighted by atomic mass is 10.2. The number of nitrogens with one attached hydrogen (secondary N) is 1. The number of furan rings is 1. The number of alkyl halides is 2. The van der Waals surface area contributed by atoms with E-state index in [2.05, 4.69) is 21.2 Å². The SMILES string of the molecule is Cc1cc(Br)cc(NCc2ccc(CSC(F)F)o2)c1. The minimum Gasteiger partial charge on any atom is -0.463 e. The van der Waals surface area contributed by atoms with E-state index in [-0.39, 0.29) is 5.75 Å². The molecule has 0 atom stereocenters. The summed E-state index contributed by atoms with van der Waals surface area (Å²) in [7, 11) is 0. The number of hydrogen-bond donors (Lipinski definition) is 1. The molecule has 108 valence electrons. The number of benzene rings is 1. The Bertz CT molecular complexity index is 554. The number of anilines is 1. The smallest absolute Gasteiger partial charge is 0.284 e. The summed E-state index contributed by atoms with van der Waals surface area (Å²) >= 11 is 4.00. The zero-order valence-electron chi connectivity index (χ0n) is 10.8. The summed E-state index contributed by atoms with van der Waals surface area (Å²) in [6.45, 7) is 2.54. The van der Waals surface area contributed by atoms with Crippen LogP contribution in [0.1, 0.15) is 17.1 Å². The van der Waals surface area contributed by atoms with Gasteiger partial charge in [-0.1, -0.05) is 27.7 Å². The molecule has 2 rings (SSSR count). The van der Waals surface area contributed by atoms with Gasteiger partial charge in [-0.05, 0) is 42.8 Å². The normalized spacial score (nSPS) is 11.1. The van der Waals surface area contributed by atoms with Crippen LogP contribution in [0.25, 0.3) is 0 Å². The molecule has 1 aromatic carbocycles. The van der Waals surface area contributed by atoms with Gasteiger partial charge in [0, 0.05) is 10.2 Å². The van der Waals surface area contributed by atoms with E-state index in [4.69, 9.17) is 4.42 Å². The average molecular weight is 362 g/mol. The molecule has 0 radical (unpaired) electrons. The number of aryl methyl sites for hydroxylation is 1. The third kappa shape index (κ3) is 4.83. The zero-order valence-corrected chi connectivity index (χ0v) is 13.2. The first-order valence-corrected chi connectivity index (χ1v) is 7.85. The molecule has 20 heavy (non-hydrogen) atoms. The molecule has 1 heterocycles. The molecular weight excluding hydrogens is 348 g/mol. The standard InChI is InChI=1S/C14H14BrF2NOS/c1-9-4-10(15)6-11(5-9)18-7-12-2-3-13(19-12)8-20-14(16)17/h2-6,14,18H,7-8H2,1H3. The second-order valence-electron chi connectivity index (χ2n) is 4.31. The summed E-state index contributed by atoms with van der Waals surface area (Å²) in [5.41, 5.74) is 2.13. The molecule has 0 spiro atoms. The van der Waals surface area contributed by atoms with Gasteiger partial charge < -0.3 is 9.73 Å². The van der Waals surface area contributed by atoms with Gasteiger partial charge in [0.15, 0.2) is 0 Å². The monoisotopic (exact) mass is 361 g/mol. The lowest BCUT2D eigenvalue weighted by Crippen LogP contribution is -1.98. The Balaban J connectivity index is 1.90. The van der Waals surface area contributed by atoms with Gasteiger partial charge in [-0.2, -0.15) is 8.78 Å². The summed E-state index contributed by atoms with van der Waals surface area (Å²) in [5.74, 6) is -0.885. The first kappa shape index (κ1) is 15.4. The van der Waals surface area contributed by atoms with Crippen LogP contribution in [-0.4, -0.2) is 5.76 Å². The molecule has 0 aliphatic carbocycles. The highest BCUT2D eigenvalue weighted by atomic mass is 79.9. The average Bonchev–Trinajstić information content (AvgIpc) is 2.81. The molecule has 1 aromatic heterocycles. The first-order valence-electron chi connectivity index (χ1n) is 6.01. The van der Waals surface area contributed by atoms with Gasteiger partial charge in [0.2, 0.25) is 0 Å². The fourth-order valence-corrected chi connectivity index (χ4v) is 2.82. The summed E-state index contributed by atoms with van der Waals surface area (Å²) < 4.78 is 30.6. The predicted molar refractivity (Wildman–Crippen MR) is 82.2 cm³/mol. The van der Waals surface area contributed by atoms with Gasteiger partial charge in [0.1, 0.15) is 11.5 Å². The van der Waals surface area contributed by atoms with Crippen molar-refractivity contribution in [1.82, 2.24) is 0 Å². The molecule has 0 saturated heterocycles. The van der Waals surface area contributed by atoms with E-state index in [0.717, 1.165) is 21.5 Å². The lowest BCUT2D eigenvalue weighted by molar-refractivity contribution is 0.251. The van der Waals surface area contributed by atoms with Crippen LogP contribution in [0.4, 0.5) is 14.5 Å². The molecule has 0 unspecified atom stereocenters. The van der Waals surface area contributed by atoms with E-state index in [1.165, 1.54) is 0 Å². The van der Waals surface area contributed by atoms with E-state index < -0.39 is 5.76 Å². The van der Waals surface area contributed by atoms with Crippen molar-refractivity contribution in [3.63, 3.8) is 0 Å². The van der Waals surface area contributed by atoms with Crippen LogP contribution in [-0.2, 0) is 12.3 Å². The Morgan fingerprint density at radius 2 is 2.00 bits per heavy atom. The fourth-order valence-electron chi connectivity index (χ4n) is 1.77. The number of rotatable bonds is 6. The maximum absolute atomic E-state index is 12.1. The van der Waals surface area contributed by atoms with Gasteiger partial charge in [-0.15, -0.1) is 0 Å². The molecule has 1 N–H and O–H groups in total. The molecule has 0 fully saturated rings. The number of halogens is 3. The van der Waals surface area contributed by atoms with Crippen LogP contribution in [0.15, 0.2) is 39.2 Å². The summed E-state index contributed by atoms with van der Waals surface area (Å²) in [6.07, 6.45) is 0. The summed E-state index contributed by atoms with van der Waals surface area (Å²) in [6, 6.07) is 9.57. The van der Waals surface area contributed by atoms with Crippen molar-refractivity contribution in [2.75, 3.05) is 5.32 Å². The molecule has 0 saturated carbocycles. The van der Waals surface area contributed by atoms with Gasteiger partial charge in [0.05, 0.1) is 12.3 Å². The molecule has 0 aliphatic rings. The van der Waals surface area contributed by atoms with Crippen LogP contribution in [0.5, 0.6) is 0 Å². The number of thioether (sulfide) groups is 1. The van der Waals surface area contributed by atoms with Crippen LogP contribution < -0.4 is 5.32 Å². The topological polar surface area (TPSA) is 25.2 Å². The van der Waals surface area contributed by atoms with Crippen LogP contribution in [0, 0.1) is 6.92 Å². The van der Waals surface area contributed by atoms with Crippen molar-refractivity contribution in [3.05, 3.63) is 51.9 Å². The van der Waals surface area contributed by atoms with Gasteiger partial charge >= 0.3 is 0 Å². The zero-order chi connectivity index (χ0) is 14.5. The van der Waals surface area contributed by atoms with Gasteiger partial charge in [-0.3, -0.25) is 0 Å². The maximum atomic E-state index is 12.1. The Hall–Kier alpha value is -1.01. The van der Waals surface area contributed by atoms with Gasteiger partial charge in [0.25, 0.3) is 5.76 Å². The summed E-state index contributed by atoms with van der Waals surface area (Å²) in [5, 5.41) is 3.24. The predicted octanol–water partition coefficient (Wildman–Crippen LogP) is 5.42. The molecule has 2 aromatic rings. The van der Waals surface area contributed by atoms with Crippen LogP contribution >= 0.6 is 27.7 Å². The first-order chi connectivity index (χ1) is 9.52. The second kappa shape index (κ2) is 7.13. The summed E-state index contributed by atoms with van der Waals surface area (Å²) in [4.78, 5) is 0. The van der Waals surface area contributed by atoms with Crippen molar-refractivity contribution < 1.29 is 13.2 Å². The highest BCUT2D eigenvalue weighted by Gasteiger charge is 2.07. The highest BCUT2D eigenvalue weighted by Crippen LogP contribution is 2.22. The van der Waals surface area contributed by atoms with E-state index >= 15 is 0 Å². The maximum Gasteiger partial charge on any atom is 0.284 e. The van der Waals surface area contributed by atoms with Crippen molar-refractivity contribution in [3.8, 4) is 0 Å². The van der Waals surface area contributed by atoms with Crippen molar-refractivity contribution in [1.29, 1.82) is 0 Å². The Kier molecular flexibility index (Phi) is 5.48. The van der Waals surface area contributed by atoms with E-state index in [1.54, 1.807) is 12.1 Å². The molecule has 0 aliphatic heterocycles. The van der Waals surface area contributed by atoms with Gasteiger partial charge in [-0.25, -0.2) is 0 Å². The van der Waals surface area contributed by atoms with Crippen molar-refractivity contribution >= 4 is 33.4 Å². The molecule has 0 bridgehead atoms. The van der Waals surface area contributed by atoms with E-state index in [0.29, 0.717) is 24.1 Å². The Labute approximate surface area is 129 Å². The van der Waals surface area contributed by atoms with E-state index in [9.17, 15) is 8.78 Å². The lowest BCUT2D eigenvalue weighted by Gasteiger charge is -2.06. The Morgan fingerprint density at radius 1 is 1.25 bits per heavy atom. The van der Waals surface area contributed by atoms with Crippen LogP contribution in [0.3, 0.4) is 0 Å². The molecule has 2 nitrogen and oxygen atoms in total. The molecule has 0 amide bonds. The van der Waals surface area contributed by atoms with Crippen molar-refractivity contribution in [2.45, 2.75) is 25.0 Å². The quantitative estimate of drug-likeness (QED) is 0.743. The third-order valence-corrected chi connectivity index (χ3v) is 3.74. The second-order valence-corrected chi connectivity index (χ2v) is 6.20. The Morgan fingerprint density at radius 3 is 2.70 bits per heavy atom. The highest BCUT2D eigenvalue weighted by molar-refractivity contribution is 9.10.